The Bertz CT molecular complexity index is 1720. The highest BCUT2D eigenvalue weighted by Crippen LogP contribution is 2.53. The van der Waals surface area contributed by atoms with Crippen LogP contribution in [0.15, 0.2) is 83.7 Å². The molecule has 0 aliphatic heterocycles. The number of nitrogens with zero attached hydrogens (tertiary/aromatic N) is 5. The molecule has 0 spiro atoms. The quantitative estimate of drug-likeness (QED) is 0.167. The van der Waals surface area contributed by atoms with E-state index in [-0.39, 0.29) is 36.3 Å². The highest BCUT2D eigenvalue weighted by atomic mass is 19.4. The molecule has 1 aromatic heterocycles. The van der Waals surface area contributed by atoms with Crippen LogP contribution >= 0.6 is 0 Å². The lowest BCUT2D eigenvalue weighted by Crippen LogP contribution is -2.41. The first-order chi connectivity index (χ1) is 23.5. The number of aryl methyl sites for hydroxylation is 1. The van der Waals surface area contributed by atoms with Crippen molar-refractivity contribution in [3.63, 3.8) is 0 Å². The minimum atomic E-state index is -4.38. The van der Waals surface area contributed by atoms with Crippen LogP contribution in [-0.2, 0) is 35.3 Å². The maximum Gasteiger partial charge on any atom is 0.416 e. The molecule has 1 aliphatic rings. The van der Waals surface area contributed by atoms with Gasteiger partial charge in [-0.15, -0.1) is 0 Å². The van der Waals surface area contributed by atoms with Gasteiger partial charge in [0.05, 0.1) is 5.56 Å². The largest absolute Gasteiger partial charge is 0.483 e. The minimum Gasteiger partial charge on any atom is -0.483 e. The first kappa shape index (κ1) is 37.0. The average molecular weight is 678 g/mol. The van der Waals surface area contributed by atoms with E-state index in [9.17, 15) is 22.8 Å². The maximum atomic E-state index is 14.0. The lowest BCUT2D eigenvalue weighted by atomic mass is 10.0. The highest BCUT2D eigenvalue weighted by molar-refractivity contribution is 5.76. The fraction of sp³-hybridized carbons (Fsp3) is 0.378. The third kappa shape index (κ3) is 9.85. The Labute approximate surface area is 284 Å². The smallest absolute Gasteiger partial charge is 0.416 e. The number of aromatic nitrogens is 3. The van der Waals surface area contributed by atoms with E-state index in [0.29, 0.717) is 43.1 Å². The summed E-state index contributed by atoms with van der Waals surface area (Å²) in [7, 11) is 0. The van der Waals surface area contributed by atoms with Crippen LogP contribution in [0.3, 0.4) is 0 Å². The molecule has 49 heavy (non-hydrogen) atoms. The summed E-state index contributed by atoms with van der Waals surface area (Å²) < 4.78 is 40.7. The van der Waals surface area contributed by atoms with Crippen LogP contribution in [0.2, 0.25) is 0 Å². The van der Waals surface area contributed by atoms with Crippen molar-refractivity contribution in [1.82, 2.24) is 24.6 Å². The van der Waals surface area contributed by atoms with Crippen molar-refractivity contribution in [2.45, 2.75) is 64.7 Å². The molecule has 12 heteroatoms. The zero-order chi connectivity index (χ0) is 35.6. The van der Waals surface area contributed by atoms with Crippen LogP contribution in [-0.4, -0.2) is 68.2 Å². The molecule has 0 radical (unpaired) electrons. The molecular weight excluding hydrogens is 635 g/mol. The number of carbonyl (C=O) groups is 2. The number of halogens is 3. The first-order valence-corrected chi connectivity index (χ1v) is 16.4. The van der Waals surface area contributed by atoms with Crippen molar-refractivity contribution in [1.29, 1.82) is 0 Å². The van der Waals surface area contributed by atoms with Crippen molar-refractivity contribution in [3.05, 3.63) is 117 Å². The summed E-state index contributed by atoms with van der Waals surface area (Å²) in [5, 5.41) is 11.5. The molecule has 1 heterocycles. The van der Waals surface area contributed by atoms with Gasteiger partial charge in [-0.05, 0) is 66.2 Å². The Morgan fingerprint density at radius 3 is 2.06 bits per heavy atom. The monoisotopic (exact) mass is 677 g/mol. The van der Waals surface area contributed by atoms with Crippen molar-refractivity contribution in [2.24, 2.45) is 0 Å². The van der Waals surface area contributed by atoms with E-state index in [1.54, 1.807) is 4.68 Å². The standard InChI is InChI=1S/C36H40F3N5O2.CH2O2/c1-4-32-35(46)40-34(31-22-30(31)28-10-8-7-9-11-28)44(41-32)24-33(45)43(21-20-42(5-2)6-3)23-25-12-14-26(15-13-25)27-16-18-29(19-17-27)36(37,38)39;2-1-3/h7-19,30-31H,4-6,20-24H2,1-3H3;1H,(H,2,3). The predicted octanol–water partition coefficient (Wildman–Crippen LogP) is 6.23. The molecule has 2 unspecified atom stereocenters. The van der Waals surface area contributed by atoms with Gasteiger partial charge in [0.15, 0.2) is 0 Å². The Kier molecular flexibility index (Phi) is 12.8. The number of carbonyl (C=O) groups excluding carboxylic acids is 1. The van der Waals surface area contributed by atoms with Gasteiger partial charge in [0, 0.05) is 25.6 Å². The summed E-state index contributed by atoms with van der Waals surface area (Å²) in [5.74, 6) is 0.667. The van der Waals surface area contributed by atoms with E-state index in [1.165, 1.54) is 17.7 Å². The molecule has 5 rings (SSSR count). The molecule has 9 nitrogen and oxygen atoms in total. The topological polar surface area (TPSA) is 109 Å². The van der Waals surface area contributed by atoms with E-state index >= 15 is 0 Å². The Hall–Kier alpha value is -4.84. The third-order valence-electron chi connectivity index (χ3n) is 8.74. The summed E-state index contributed by atoms with van der Waals surface area (Å²) in [4.78, 5) is 43.6. The molecule has 0 saturated heterocycles. The second-order valence-electron chi connectivity index (χ2n) is 11.8. The van der Waals surface area contributed by atoms with Gasteiger partial charge in [-0.2, -0.15) is 23.3 Å². The maximum absolute atomic E-state index is 14.0. The molecule has 0 bridgehead atoms. The highest BCUT2D eigenvalue weighted by Gasteiger charge is 2.43. The van der Waals surface area contributed by atoms with Crippen molar-refractivity contribution in [3.8, 4) is 11.1 Å². The summed E-state index contributed by atoms with van der Waals surface area (Å²) in [6, 6.07) is 22.7. The van der Waals surface area contributed by atoms with Gasteiger partial charge in [0.25, 0.3) is 12.0 Å². The van der Waals surface area contributed by atoms with E-state index in [1.807, 2.05) is 54.3 Å². The van der Waals surface area contributed by atoms with Gasteiger partial charge >= 0.3 is 6.18 Å². The van der Waals surface area contributed by atoms with E-state index in [2.05, 4.69) is 41.0 Å². The lowest BCUT2D eigenvalue weighted by Gasteiger charge is -2.27. The number of carboxylic acid groups (broad SMARTS) is 1. The molecule has 3 aromatic carbocycles. The molecule has 1 saturated carbocycles. The van der Waals surface area contributed by atoms with Gasteiger partial charge < -0.3 is 14.9 Å². The number of rotatable bonds is 13. The second kappa shape index (κ2) is 17.0. The van der Waals surface area contributed by atoms with Crippen molar-refractivity contribution in [2.75, 3.05) is 26.2 Å². The molecule has 1 N–H and O–H groups in total. The van der Waals surface area contributed by atoms with Crippen LogP contribution in [0.4, 0.5) is 13.2 Å². The predicted molar refractivity (Wildman–Crippen MR) is 181 cm³/mol. The molecule has 260 valence electrons. The number of amides is 1. The van der Waals surface area contributed by atoms with Crippen LogP contribution < -0.4 is 5.56 Å². The molecule has 1 aliphatic carbocycles. The summed E-state index contributed by atoms with van der Waals surface area (Å²) >= 11 is 0. The minimum absolute atomic E-state index is 0.0168. The van der Waals surface area contributed by atoms with E-state index < -0.39 is 11.7 Å². The fourth-order valence-corrected chi connectivity index (χ4v) is 5.82. The van der Waals surface area contributed by atoms with E-state index in [0.717, 1.165) is 42.8 Å². The van der Waals surface area contributed by atoms with Gasteiger partial charge in [-0.3, -0.25) is 14.4 Å². The zero-order valence-electron chi connectivity index (χ0n) is 27.9. The molecular formula is C37H42F3N5O4. The number of benzene rings is 3. The van der Waals surface area contributed by atoms with Crippen LogP contribution in [0.1, 0.15) is 67.2 Å². The van der Waals surface area contributed by atoms with Gasteiger partial charge in [-0.25, -0.2) is 4.68 Å². The molecule has 2 atom stereocenters. The van der Waals surface area contributed by atoms with Crippen LogP contribution in [0.5, 0.6) is 0 Å². The van der Waals surface area contributed by atoms with Gasteiger partial charge in [0.2, 0.25) is 5.91 Å². The summed E-state index contributed by atoms with van der Waals surface area (Å²) in [6.07, 6.45) is -3.12. The molecule has 4 aromatic rings. The SMILES string of the molecule is CCc1nn(CC(=O)N(CCN(CC)CC)Cc2ccc(-c3ccc(C(F)(F)F)cc3)cc2)c(C2CC2c2ccccc2)nc1=O.O=CO. The van der Waals surface area contributed by atoms with Crippen molar-refractivity contribution < 1.29 is 27.9 Å². The van der Waals surface area contributed by atoms with Crippen molar-refractivity contribution >= 4 is 12.4 Å². The van der Waals surface area contributed by atoms with Gasteiger partial charge in [-0.1, -0.05) is 87.5 Å². The van der Waals surface area contributed by atoms with Crippen LogP contribution in [0.25, 0.3) is 11.1 Å². The second-order valence-corrected chi connectivity index (χ2v) is 11.8. The number of likely N-dealkylation sites (N-methyl/N-ethyl adjacent to an activating group) is 1. The Morgan fingerprint density at radius 2 is 1.51 bits per heavy atom. The average Bonchev–Trinajstić information content (AvgIpc) is 3.90. The first-order valence-electron chi connectivity index (χ1n) is 16.4. The zero-order valence-corrected chi connectivity index (χ0v) is 27.9. The third-order valence-corrected chi connectivity index (χ3v) is 8.74. The number of hydrogen-bond acceptors (Lipinski definition) is 6. The van der Waals surface area contributed by atoms with Crippen LogP contribution in [0, 0.1) is 0 Å². The van der Waals surface area contributed by atoms with E-state index in [4.69, 9.17) is 9.90 Å². The normalized spacial score (nSPS) is 15.3. The number of hydrogen-bond donors (Lipinski definition) is 1. The molecule has 1 amide bonds. The Balaban J connectivity index is 0.00000174. The summed E-state index contributed by atoms with van der Waals surface area (Å²) in [6.45, 7) is 9.02. The Morgan fingerprint density at radius 1 is 0.918 bits per heavy atom. The van der Waals surface area contributed by atoms with Gasteiger partial charge in [0.1, 0.15) is 18.1 Å². The summed E-state index contributed by atoms with van der Waals surface area (Å²) in [5.41, 5.74) is 2.85. The number of alkyl halides is 3. The lowest BCUT2D eigenvalue weighted by molar-refractivity contribution is -0.137. The fourth-order valence-electron chi connectivity index (χ4n) is 5.82. The molecule has 1 fully saturated rings.